The Kier molecular flexibility index (Phi) is 6.02. The molecule has 31 heavy (non-hydrogen) atoms. The molecule has 0 saturated heterocycles. The van der Waals surface area contributed by atoms with Gasteiger partial charge in [-0.2, -0.15) is 0 Å². The number of hydrogen-bond acceptors (Lipinski definition) is 3. The van der Waals surface area contributed by atoms with Crippen molar-refractivity contribution in [3.05, 3.63) is 107 Å². The zero-order valence-corrected chi connectivity index (χ0v) is 16.5. The zero-order valence-electron chi connectivity index (χ0n) is 16.5. The molecule has 1 heterocycles. The van der Waals surface area contributed by atoms with E-state index in [1.807, 2.05) is 0 Å². The van der Waals surface area contributed by atoms with E-state index in [4.69, 9.17) is 4.84 Å². The van der Waals surface area contributed by atoms with E-state index in [0.29, 0.717) is 23.3 Å². The van der Waals surface area contributed by atoms with Crippen LogP contribution in [0.4, 0.5) is 13.2 Å². The number of benzene rings is 3. The van der Waals surface area contributed by atoms with E-state index in [2.05, 4.69) is 5.16 Å². The molecule has 0 aromatic heterocycles. The Bertz CT molecular complexity index is 1120. The minimum Gasteiger partial charge on any atom is -0.390 e. The van der Waals surface area contributed by atoms with Crippen LogP contribution in [0, 0.1) is 17.5 Å². The summed E-state index contributed by atoms with van der Waals surface area (Å²) in [6.07, 6.45) is -0.119. The van der Waals surface area contributed by atoms with Crippen molar-refractivity contribution in [1.29, 1.82) is 0 Å². The van der Waals surface area contributed by atoms with Gasteiger partial charge in [-0.3, -0.25) is 4.79 Å². The maximum Gasteiger partial charge on any atom is 0.257 e. The smallest absolute Gasteiger partial charge is 0.257 e. The number of carbonyl (C=O) groups is 1. The summed E-state index contributed by atoms with van der Waals surface area (Å²) in [5, 5.41) is 4.05. The van der Waals surface area contributed by atoms with Crippen molar-refractivity contribution in [1.82, 2.24) is 4.90 Å². The number of rotatable bonds is 6. The highest BCUT2D eigenvalue weighted by molar-refractivity contribution is 6.01. The van der Waals surface area contributed by atoms with Crippen LogP contribution in [0.5, 0.6) is 0 Å². The third-order valence-corrected chi connectivity index (χ3v) is 5.04. The van der Waals surface area contributed by atoms with Crippen LogP contribution in [0.3, 0.4) is 0 Å². The Morgan fingerprint density at radius 3 is 2.32 bits per heavy atom. The van der Waals surface area contributed by atoms with Gasteiger partial charge in [0.05, 0.1) is 17.8 Å². The van der Waals surface area contributed by atoms with Crippen LogP contribution >= 0.6 is 0 Å². The van der Waals surface area contributed by atoms with Crippen LogP contribution in [0.25, 0.3) is 0 Å². The molecule has 0 spiro atoms. The van der Waals surface area contributed by atoms with Gasteiger partial charge in [0.15, 0.2) is 6.10 Å². The molecule has 1 atom stereocenters. The molecular formula is C24H19F3N2O2. The summed E-state index contributed by atoms with van der Waals surface area (Å²) in [5.74, 6) is -2.03. The molecule has 0 bridgehead atoms. The van der Waals surface area contributed by atoms with Crippen molar-refractivity contribution in [3.63, 3.8) is 0 Å². The van der Waals surface area contributed by atoms with Crippen LogP contribution in [0.2, 0.25) is 0 Å². The lowest BCUT2D eigenvalue weighted by Crippen LogP contribution is -2.38. The first-order chi connectivity index (χ1) is 15.0. The van der Waals surface area contributed by atoms with E-state index in [0.717, 1.165) is 0 Å². The lowest BCUT2D eigenvalue weighted by molar-refractivity contribution is 0.0400. The van der Waals surface area contributed by atoms with Gasteiger partial charge in [-0.05, 0) is 35.9 Å². The fourth-order valence-electron chi connectivity index (χ4n) is 3.44. The van der Waals surface area contributed by atoms with Gasteiger partial charge in [0.25, 0.3) is 5.91 Å². The number of amides is 1. The molecule has 1 aliphatic rings. The molecule has 0 radical (unpaired) electrons. The first-order valence-corrected chi connectivity index (χ1v) is 9.77. The molecule has 7 heteroatoms. The van der Waals surface area contributed by atoms with Crippen molar-refractivity contribution in [2.24, 2.45) is 5.16 Å². The molecule has 1 aliphatic heterocycles. The molecule has 4 nitrogen and oxygen atoms in total. The van der Waals surface area contributed by atoms with E-state index in [1.54, 1.807) is 36.4 Å². The zero-order chi connectivity index (χ0) is 21.8. The van der Waals surface area contributed by atoms with Crippen LogP contribution in [0.15, 0.2) is 78.0 Å². The summed E-state index contributed by atoms with van der Waals surface area (Å²) in [7, 11) is 0. The van der Waals surface area contributed by atoms with Gasteiger partial charge >= 0.3 is 0 Å². The summed E-state index contributed by atoms with van der Waals surface area (Å²) in [6.45, 7) is 0.0290. The van der Waals surface area contributed by atoms with E-state index in [9.17, 15) is 18.0 Å². The number of carbonyl (C=O) groups excluding carboxylic acids is 1. The monoisotopic (exact) mass is 424 g/mol. The van der Waals surface area contributed by atoms with Gasteiger partial charge in [0.1, 0.15) is 17.5 Å². The van der Waals surface area contributed by atoms with Crippen molar-refractivity contribution in [2.75, 3.05) is 6.54 Å². The fraction of sp³-hybridized carbons (Fsp3) is 0.167. The highest BCUT2D eigenvalue weighted by Crippen LogP contribution is 2.21. The summed E-state index contributed by atoms with van der Waals surface area (Å²) in [5.41, 5.74) is 1.54. The lowest BCUT2D eigenvalue weighted by atomic mass is 10.0. The fourth-order valence-corrected chi connectivity index (χ4v) is 3.44. The average Bonchev–Trinajstić information content (AvgIpc) is 3.24. The van der Waals surface area contributed by atoms with Crippen LogP contribution in [-0.4, -0.2) is 29.2 Å². The van der Waals surface area contributed by atoms with Crippen LogP contribution in [-0.2, 0) is 11.4 Å². The molecule has 0 aliphatic carbocycles. The predicted octanol–water partition coefficient (Wildman–Crippen LogP) is 4.94. The number of nitrogens with zero attached hydrogens (tertiary/aromatic N) is 2. The summed E-state index contributed by atoms with van der Waals surface area (Å²) in [4.78, 5) is 19.9. The Morgan fingerprint density at radius 1 is 0.935 bits per heavy atom. The molecule has 0 N–H and O–H groups in total. The number of hydrogen-bond donors (Lipinski definition) is 0. The summed E-state index contributed by atoms with van der Waals surface area (Å²) in [6, 6.07) is 17.6. The molecule has 1 unspecified atom stereocenters. The minimum absolute atomic E-state index is 0.0500. The quantitative estimate of drug-likeness (QED) is 0.563. The molecular weight excluding hydrogens is 405 g/mol. The first-order valence-electron chi connectivity index (χ1n) is 9.77. The minimum atomic E-state index is -0.651. The van der Waals surface area contributed by atoms with Gasteiger partial charge in [0, 0.05) is 18.5 Å². The van der Waals surface area contributed by atoms with Crippen LogP contribution in [0.1, 0.15) is 27.9 Å². The van der Waals surface area contributed by atoms with Crippen molar-refractivity contribution >= 4 is 11.6 Å². The van der Waals surface area contributed by atoms with E-state index >= 15 is 0 Å². The maximum atomic E-state index is 14.2. The van der Waals surface area contributed by atoms with Gasteiger partial charge in [-0.15, -0.1) is 0 Å². The Labute approximate surface area is 177 Å². The van der Waals surface area contributed by atoms with E-state index < -0.39 is 23.6 Å². The lowest BCUT2D eigenvalue weighted by Gasteiger charge is -2.25. The second kappa shape index (κ2) is 9.04. The molecule has 158 valence electrons. The molecule has 0 fully saturated rings. The standard InChI is InChI=1S/C24H19F3N2O2/c25-18-11-9-16(10-12-18)23-13-19(31-28-23)15-29(14-17-5-1-3-7-21(17)26)24(30)20-6-2-4-8-22(20)27/h1-12,19H,13-15H2. The summed E-state index contributed by atoms with van der Waals surface area (Å²) >= 11 is 0. The van der Waals surface area contributed by atoms with Crippen molar-refractivity contribution < 1.29 is 22.8 Å². The van der Waals surface area contributed by atoms with E-state index in [-0.39, 0.29) is 24.5 Å². The first kappa shape index (κ1) is 20.7. The molecule has 1 amide bonds. The van der Waals surface area contributed by atoms with Gasteiger partial charge in [-0.25, -0.2) is 13.2 Å². The molecule has 3 aromatic rings. The SMILES string of the molecule is O=C(c1ccccc1F)N(Cc1ccccc1F)CC1CC(c2ccc(F)cc2)=NO1. The maximum absolute atomic E-state index is 14.2. The Hall–Kier alpha value is -3.61. The van der Waals surface area contributed by atoms with Crippen molar-refractivity contribution in [3.8, 4) is 0 Å². The van der Waals surface area contributed by atoms with Crippen molar-refractivity contribution in [2.45, 2.75) is 19.1 Å². The normalized spacial score (nSPS) is 15.3. The van der Waals surface area contributed by atoms with Gasteiger partial charge in [0.2, 0.25) is 0 Å². The predicted molar refractivity (Wildman–Crippen MR) is 110 cm³/mol. The third-order valence-electron chi connectivity index (χ3n) is 5.04. The Balaban J connectivity index is 1.53. The second-order valence-corrected chi connectivity index (χ2v) is 7.23. The topological polar surface area (TPSA) is 41.9 Å². The number of oxime groups is 1. The molecule has 4 rings (SSSR count). The summed E-state index contributed by atoms with van der Waals surface area (Å²) < 4.78 is 41.6. The molecule has 3 aromatic carbocycles. The third kappa shape index (κ3) is 4.77. The molecule has 0 saturated carbocycles. The van der Waals surface area contributed by atoms with Gasteiger partial charge < -0.3 is 9.74 Å². The number of halogens is 3. The highest BCUT2D eigenvalue weighted by atomic mass is 19.1. The van der Waals surface area contributed by atoms with Crippen LogP contribution < -0.4 is 0 Å². The van der Waals surface area contributed by atoms with E-state index in [1.165, 1.54) is 41.3 Å². The van der Waals surface area contributed by atoms with Gasteiger partial charge in [-0.1, -0.05) is 47.6 Å². The largest absolute Gasteiger partial charge is 0.390 e. The average molecular weight is 424 g/mol. The highest BCUT2D eigenvalue weighted by Gasteiger charge is 2.28. The Morgan fingerprint density at radius 2 is 1.61 bits per heavy atom. The second-order valence-electron chi connectivity index (χ2n) is 7.23.